The van der Waals surface area contributed by atoms with Gasteiger partial charge in [0, 0.05) is 0 Å². The summed E-state index contributed by atoms with van der Waals surface area (Å²) in [7, 11) is -7.85. The molecule has 1 N–H and O–H groups in total. The Morgan fingerprint density at radius 3 is 2.27 bits per heavy atom. The van der Waals surface area contributed by atoms with E-state index in [0.717, 1.165) is 16.4 Å². The highest BCUT2D eigenvalue weighted by Gasteiger charge is 2.30. The van der Waals surface area contributed by atoms with Crippen LogP contribution >= 0.6 is 0 Å². The van der Waals surface area contributed by atoms with Gasteiger partial charge in [0.25, 0.3) is 20.0 Å². The van der Waals surface area contributed by atoms with Crippen molar-refractivity contribution < 1.29 is 26.0 Å². The van der Waals surface area contributed by atoms with Crippen molar-refractivity contribution in [3.05, 3.63) is 78.6 Å². The number of nitrogens with zero attached hydrogens (tertiary/aromatic N) is 1. The fourth-order valence-corrected chi connectivity index (χ4v) is 5.58. The summed E-state index contributed by atoms with van der Waals surface area (Å²) in [4.78, 5) is 0.00165. The van der Waals surface area contributed by atoms with Crippen LogP contribution in [0.25, 0.3) is 0 Å². The molecular weight excluding hydrogens is 431 g/mol. The maximum absolute atomic E-state index is 13.2. The summed E-state index contributed by atoms with van der Waals surface area (Å²) in [5.74, 6) is -0.247. The molecule has 1 aliphatic heterocycles. The van der Waals surface area contributed by atoms with E-state index >= 15 is 0 Å². The molecule has 10 heteroatoms. The Bertz CT molecular complexity index is 1280. The second-order valence-electron chi connectivity index (χ2n) is 6.48. The third-order valence-electron chi connectivity index (χ3n) is 4.49. The SMILES string of the molecule is O=S(=O)(Nc1ccc2c(c1)N(S(=O)(=O)c1ccc(F)cc1)CCO2)c1ccccc1. The van der Waals surface area contributed by atoms with Gasteiger partial charge in [-0.3, -0.25) is 9.03 Å². The first kappa shape index (κ1) is 20.2. The Labute approximate surface area is 173 Å². The third-order valence-corrected chi connectivity index (χ3v) is 7.71. The van der Waals surface area contributed by atoms with Crippen molar-refractivity contribution in [2.45, 2.75) is 9.79 Å². The molecule has 0 radical (unpaired) electrons. The second-order valence-corrected chi connectivity index (χ2v) is 10.0. The predicted octanol–water partition coefficient (Wildman–Crippen LogP) is 3.21. The molecule has 0 saturated carbocycles. The Morgan fingerprint density at radius 2 is 1.57 bits per heavy atom. The number of hydrogen-bond acceptors (Lipinski definition) is 5. The van der Waals surface area contributed by atoms with Crippen LogP contribution in [-0.2, 0) is 20.0 Å². The Morgan fingerprint density at radius 1 is 0.867 bits per heavy atom. The number of ether oxygens (including phenoxy) is 1. The molecule has 3 aromatic rings. The summed E-state index contributed by atoms with van der Waals surface area (Å²) >= 11 is 0. The van der Waals surface area contributed by atoms with Crippen molar-refractivity contribution in [1.29, 1.82) is 0 Å². The number of hydrogen-bond donors (Lipinski definition) is 1. The van der Waals surface area contributed by atoms with E-state index in [9.17, 15) is 21.2 Å². The molecule has 4 rings (SSSR count). The molecule has 0 spiro atoms. The maximum atomic E-state index is 13.2. The molecule has 1 heterocycles. The average Bonchev–Trinajstić information content (AvgIpc) is 2.74. The van der Waals surface area contributed by atoms with Gasteiger partial charge in [-0.2, -0.15) is 0 Å². The first-order valence-electron chi connectivity index (χ1n) is 8.90. The highest BCUT2D eigenvalue weighted by atomic mass is 32.2. The van der Waals surface area contributed by atoms with Crippen LogP contribution in [0.1, 0.15) is 0 Å². The number of sulfonamides is 2. The largest absolute Gasteiger partial charge is 0.489 e. The molecule has 0 aliphatic carbocycles. The minimum atomic E-state index is -4.00. The summed E-state index contributed by atoms with van der Waals surface area (Å²) in [5, 5.41) is 0. The van der Waals surface area contributed by atoms with E-state index < -0.39 is 25.9 Å². The van der Waals surface area contributed by atoms with Crippen LogP contribution in [0.5, 0.6) is 5.75 Å². The molecule has 156 valence electrons. The van der Waals surface area contributed by atoms with Crippen molar-refractivity contribution in [2.75, 3.05) is 22.2 Å². The first-order valence-corrected chi connectivity index (χ1v) is 11.8. The van der Waals surface area contributed by atoms with Crippen molar-refractivity contribution in [3.63, 3.8) is 0 Å². The molecule has 1 aliphatic rings. The van der Waals surface area contributed by atoms with Crippen LogP contribution in [0.15, 0.2) is 82.6 Å². The van der Waals surface area contributed by atoms with Crippen LogP contribution in [-0.4, -0.2) is 30.0 Å². The maximum Gasteiger partial charge on any atom is 0.264 e. The molecule has 0 saturated heterocycles. The van der Waals surface area contributed by atoms with Crippen LogP contribution in [0.2, 0.25) is 0 Å². The van der Waals surface area contributed by atoms with Gasteiger partial charge in [-0.05, 0) is 54.6 Å². The summed E-state index contributed by atoms with van der Waals surface area (Å²) in [5.41, 5.74) is 0.376. The number of rotatable bonds is 5. The van der Waals surface area contributed by atoms with E-state index in [2.05, 4.69) is 4.72 Å². The monoisotopic (exact) mass is 448 g/mol. The third kappa shape index (κ3) is 3.83. The fourth-order valence-electron chi connectivity index (χ4n) is 3.05. The van der Waals surface area contributed by atoms with E-state index in [1.807, 2.05) is 0 Å². The van der Waals surface area contributed by atoms with Crippen LogP contribution in [0.3, 0.4) is 0 Å². The fraction of sp³-hybridized carbons (Fsp3) is 0.100. The number of anilines is 2. The summed E-state index contributed by atoms with van der Waals surface area (Å²) in [6.07, 6.45) is 0. The van der Waals surface area contributed by atoms with Gasteiger partial charge >= 0.3 is 0 Å². The van der Waals surface area contributed by atoms with Crippen LogP contribution in [0.4, 0.5) is 15.8 Å². The number of halogens is 1. The number of nitrogens with one attached hydrogen (secondary N) is 1. The van der Waals surface area contributed by atoms with E-state index in [4.69, 9.17) is 4.74 Å². The molecule has 0 unspecified atom stereocenters. The number of fused-ring (bicyclic) bond motifs is 1. The average molecular weight is 448 g/mol. The quantitative estimate of drug-likeness (QED) is 0.647. The lowest BCUT2D eigenvalue weighted by molar-refractivity contribution is 0.316. The van der Waals surface area contributed by atoms with Gasteiger partial charge in [0.2, 0.25) is 0 Å². The zero-order valence-electron chi connectivity index (χ0n) is 15.5. The lowest BCUT2D eigenvalue weighted by atomic mass is 10.2. The van der Waals surface area contributed by atoms with E-state index in [1.54, 1.807) is 18.2 Å². The molecule has 0 atom stereocenters. The van der Waals surface area contributed by atoms with Gasteiger partial charge in [0.1, 0.15) is 18.2 Å². The smallest absolute Gasteiger partial charge is 0.264 e. The molecule has 0 fully saturated rings. The van der Waals surface area contributed by atoms with E-state index in [1.165, 1.54) is 42.5 Å². The second kappa shape index (κ2) is 7.62. The van der Waals surface area contributed by atoms with E-state index in [0.29, 0.717) is 5.75 Å². The highest BCUT2D eigenvalue weighted by Crippen LogP contribution is 2.37. The topological polar surface area (TPSA) is 92.8 Å². The lowest BCUT2D eigenvalue weighted by Crippen LogP contribution is -2.38. The molecule has 0 bridgehead atoms. The zero-order chi connectivity index (χ0) is 21.4. The van der Waals surface area contributed by atoms with Gasteiger partial charge in [0.05, 0.1) is 27.7 Å². The van der Waals surface area contributed by atoms with Crippen LogP contribution < -0.4 is 13.8 Å². The minimum absolute atomic E-state index is 0.0294. The Hall–Kier alpha value is -3.11. The highest BCUT2D eigenvalue weighted by molar-refractivity contribution is 7.93. The zero-order valence-corrected chi connectivity index (χ0v) is 17.2. The molecule has 0 amide bonds. The van der Waals surface area contributed by atoms with Crippen molar-refractivity contribution in [1.82, 2.24) is 0 Å². The van der Waals surface area contributed by atoms with Crippen molar-refractivity contribution in [2.24, 2.45) is 0 Å². The van der Waals surface area contributed by atoms with Gasteiger partial charge in [0.15, 0.2) is 0 Å². The molecule has 3 aromatic carbocycles. The summed E-state index contributed by atoms with van der Waals surface area (Å²) in [6, 6.07) is 16.7. The Kier molecular flexibility index (Phi) is 5.12. The summed E-state index contributed by atoms with van der Waals surface area (Å²) < 4.78 is 73.7. The molecule has 0 aromatic heterocycles. The van der Waals surface area contributed by atoms with Gasteiger partial charge in [-0.15, -0.1) is 0 Å². The molecular formula is C20H17FN2O5S2. The van der Waals surface area contributed by atoms with Crippen molar-refractivity contribution >= 4 is 31.4 Å². The van der Waals surface area contributed by atoms with Gasteiger partial charge in [-0.25, -0.2) is 21.2 Å². The van der Waals surface area contributed by atoms with Crippen molar-refractivity contribution in [3.8, 4) is 5.75 Å². The minimum Gasteiger partial charge on any atom is -0.489 e. The van der Waals surface area contributed by atoms with E-state index in [-0.39, 0.29) is 34.3 Å². The first-order chi connectivity index (χ1) is 14.3. The number of benzene rings is 3. The predicted molar refractivity (Wildman–Crippen MR) is 110 cm³/mol. The lowest BCUT2D eigenvalue weighted by Gasteiger charge is -2.31. The standard InChI is InChI=1S/C20H17FN2O5S2/c21-15-6-9-18(10-7-15)30(26,27)23-12-13-28-20-11-8-16(14-19(20)23)22-29(24,25)17-4-2-1-3-5-17/h1-11,14,22H,12-13H2. The van der Waals surface area contributed by atoms with Gasteiger partial charge < -0.3 is 4.74 Å². The normalized spacial score (nSPS) is 14.0. The van der Waals surface area contributed by atoms with Gasteiger partial charge in [-0.1, -0.05) is 18.2 Å². The Balaban J connectivity index is 1.71. The molecule has 30 heavy (non-hydrogen) atoms. The van der Waals surface area contributed by atoms with Crippen LogP contribution in [0, 0.1) is 5.82 Å². The molecule has 7 nitrogen and oxygen atoms in total. The summed E-state index contributed by atoms with van der Waals surface area (Å²) in [6.45, 7) is 0.157.